The van der Waals surface area contributed by atoms with Crippen LogP contribution in [0.5, 0.6) is 0 Å². The summed E-state index contributed by atoms with van der Waals surface area (Å²) in [6, 6.07) is 15.3. The molecule has 5 heteroatoms. The second kappa shape index (κ2) is 7.32. The van der Waals surface area contributed by atoms with E-state index in [9.17, 15) is 4.79 Å². The van der Waals surface area contributed by atoms with Crippen LogP contribution in [0.1, 0.15) is 27.3 Å². The van der Waals surface area contributed by atoms with Crippen LogP contribution in [0.4, 0.5) is 5.69 Å². The van der Waals surface area contributed by atoms with Crippen molar-refractivity contribution in [3.05, 3.63) is 77.4 Å². The molecule has 0 unspecified atom stereocenters. The highest BCUT2D eigenvalue weighted by molar-refractivity contribution is 6.04. The van der Waals surface area contributed by atoms with Gasteiger partial charge in [-0.3, -0.25) is 4.79 Å². The molecule has 3 rings (SSSR count). The van der Waals surface area contributed by atoms with Gasteiger partial charge in [0.15, 0.2) is 0 Å². The van der Waals surface area contributed by atoms with Crippen molar-refractivity contribution in [2.45, 2.75) is 20.3 Å². The summed E-state index contributed by atoms with van der Waals surface area (Å²) in [7, 11) is 0. The van der Waals surface area contributed by atoms with Crippen LogP contribution in [0.25, 0.3) is 5.69 Å². The molecule has 128 valence electrons. The lowest BCUT2D eigenvalue weighted by atomic mass is 10.1. The second-order valence-electron chi connectivity index (χ2n) is 6.02. The zero-order valence-electron chi connectivity index (χ0n) is 14.5. The van der Waals surface area contributed by atoms with Crippen LogP contribution in [0.15, 0.2) is 54.9 Å². The molecule has 3 N–H and O–H groups in total. The second-order valence-corrected chi connectivity index (χ2v) is 6.02. The molecule has 0 fully saturated rings. The highest BCUT2D eigenvalue weighted by Crippen LogP contribution is 2.17. The molecule has 0 spiro atoms. The van der Waals surface area contributed by atoms with Crippen molar-refractivity contribution in [2.75, 3.05) is 11.9 Å². The van der Waals surface area contributed by atoms with Crippen LogP contribution in [-0.4, -0.2) is 22.0 Å². The fraction of sp³-hybridized carbons (Fsp3) is 0.200. The Hall–Kier alpha value is -2.92. The first kappa shape index (κ1) is 16.9. The largest absolute Gasteiger partial charge is 0.330 e. The van der Waals surface area contributed by atoms with Crippen molar-refractivity contribution in [3.63, 3.8) is 0 Å². The molecule has 25 heavy (non-hydrogen) atoms. The summed E-state index contributed by atoms with van der Waals surface area (Å²) in [6.45, 7) is 4.62. The quantitative estimate of drug-likeness (QED) is 0.752. The Bertz CT molecular complexity index is 864. The minimum absolute atomic E-state index is 0.123. The number of nitrogens with zero attached hydrogens (tertiary/aromatic N) is 2. The maximum atomic E-state index is 12.3. The van der Waals surface area contributed by atoms with Gasteiger partial charge in [-0.25, -0.2) is 4.98 Å². The number of carbonyl (C=O) groups excluding carboxylic acids is 1. The monoisotopic (exact) mass is 334 g/mol. The Kier molecular flexibility index (Phi) is 4.95. The predicted octanol–water partition coefficient (Wildman–Crippen LogP) is 3.24. The molecule has 0 bridgehead atoms. The average Bonchev–Trinajstić information content (AvgIpc) is 2.96. The molecule has 0 saturated carbocycles. The summed E-state index contributed by atoms with van der Waals surface area (Å²) in [5.41, 5.74) is 11.2. The summed E-state index contributed by atoms with van der Waals surface area (Å²) in [4.78, 5) is 16.7. The highest BCUT2D eigenvalue weighted by Gasteiger charge is 2.07. The van der Waals surface area contributed by atoms with Gasteiger partial charge in [0.25, 0.3) is 5.91 Å². The van der Waals surface area contributed by atoms with Crippen LogP contribution in [-0.2, 0) is 6.42 Å². The van der Waals surface area contributed by atoms with Crippen LogP contribution in [0.2, 0.25) is 0 Å². The first-order valence-corrected chi connectivity index (χ1v) is 8.30. The Morgan fingerprint density at radius 2 is 1.76 bits per heavy atom. The van der Waals surface area contributed by atoms with Crippen molar-refractivity contribution >= 4 is 11.6 Å². The highest BCUT2D eigenvalue weighted by atomic mass is 16.1. The number of carbonyl (C=O) groups is 1. The third-order valence-corrected chi connectivity index (χ3v) is 4.30. The van der Waals surface area contributed by atoms with Gasteiger partial charge in [-0.1, -0.05) is 12.1 Å². The lowest BCUT2D eigenvalue weighted by molar-refractivity contribution is 0.102. The minimum Gasteiger partial charge on any atom is -0.330 e. The van der Waals surface area contributed by atoms with Gasteiger partial charge < -0.3 is 15.6 Å². The van der Waals surface area contributed by atoms with Gasteiger partial charge in [-0.05, 0) is 68.8 Å². The molecule has 0 radical (unpaired) electrons. The van der Waals surface area contributed by atoms with Crippen molar-refractivity contribution in [1.29, 1.82) is 0 Å². The number of hydrogen-bond acceptors (Lipinski definition) is 3. The topological polar surface area (TPSA) is 72.9 Å². The van der Waals surface area contributed by atoms with Gasteiger partial charge in [-0.2, -0.15) is 0 Å². The molecule has 0 aliphatic heterocycles. The minimum atomic E-state index is -0.123. The molecule has 3 aromatic rings. The molecule has 1 amide bonds. The Balaban J connectivity index is 1.70. The third-order valence-electron chi connectivity index (χ3n) is 4.30. The summed E-state index contributed by atoms with van der Waals surface area (Å²) in [5.74, 6) is -0.123. The Labute approximate surface area is 147 Å². The number of aromatic nitrogens is 2. The number of anilines is 1. The van der Waals surface area contributed by atoms with Crippen LogP contribution in [0.3, 0.4) is 0 Å². The summed E-state index contributed by atoms with van der Waals surface area (Å²) >= 11 is 0. The number of rotatable bonds is 5. The lowest BCUT2D eigenvalue weighted by Crippen LogP contribution is -2.12. The standard InChI is InChI=1S/C20H22N4O/c1-14-15(2)24(13-22-14)19-9-7-18(8-10-19)23-20(25)17-5-3-16(4-6-17)11-12-21/h3-10,13H,11-12,21H2,1-2H3,(H,23,25). The fourth-order valence-corrected chi connectivity index (χ4v) is 2.66. The normalized spacial score (nSPS) is 10.7. The number of nitrogens with two attached hydrogens (primary N) is 1. The lowest BCUT2D eigenvalue weighted by Gasteiger charge is -2.09. The smallest absolute Gasteiger partial charge is 0.255 e. The SMILES string of the molecule is Cc1ncn(-c2ccc(NC(=O)c3ccc(CCN)cc3)cc2)c1C. The van der Waals surface area contributed by atoms with E-state index in [4.69, 9.17) is 5.73 Å². The molecular formula is C20H22N4O. The van der Waals surface area contributed by atoms with Gasteiger partial charge >= 0.3 is 0 Å². The number of imidazole rings is 1. The van der Waals surface area contributed by atoms with E-state index in [0.29, 0.717) is 12.1 Å². The van der Waals surface area contributed by atoms with E-state index in [1.807, 2.05) is 66.9 Å². The van der Waals surface area contributed by atoms with Crippen LogP contribution >= 0.6 is 0 Å². The molecule has 0 aliphatic carbocycles. The molecule has 1 heterocycles. The van der Waals surface area contributed by atoms with Gasteiger partial charge in [-0.15, -0.1) is 0 Å². The molecule has 0 aliphatic rings. The number of hydrogen-bond donors (Lipinski definition) is 2. The van der Waals surface area contributed by atoms with E-state index in [1.165, 1.54) is 0 Å². The molecule has 5 nitrogen and oxygen atoms in total. The van der Waals surface area contributed by atoms with E-state index in [1.54, 1.807) is 6.33 Å². The van der Waals surface area contributed by atoms with Gasteiger partial charge in [0, 0.05) is 22.6 Å². The summed E-state index contributed by atoms with van der Waals surface area (Å²) in [6.07, 6.45) is 2.62. The number of nitrogens with one attached hydrogen (secondary N) is 1. The summed E-state index contributed by atoms with van der Waals surface area (Å²) < 4.78 is 2.02. The van der Waals surface area contributed by atoms with Crippen molar-refractivity contribution in [2.24, 2.45) is 5.73 Å². The molecule has 0 saturated heterocycles. The summed E-state index contributed by atoms with van der Waals surface area (Å²) in [5, 5.41) is 2.92. The maximum Gasteiger partial charge on any atom is 0.255 e. The number of amides is 1. The van der Waals surface area contributed by atoms with Crippen LogP contribution < -0.4 is 11.1 Å². The van der Waals surface area contributed by atoms with Gasteiger partial charge in [0.05, 0.1) is 12.0 Å². The van der Waals surface area contributed by atoms with Gasteiger partial charge in [0.1, 0.15) is 0 Å². The zero-order chi connectivity index (χ0) is 17.8. The van der Waals surface area contributed by atoms with Crippen molar-refractivity contribution < 1.29 is 4.79 Å². The van der Waals surface area contributed by atoms with E-state index in [2.05, 4.69) is 10.3 Å². The number of aryl methyl sites for hydroxylation is 1. The predicted molar refractivity (Wildman–Crippen MR) is 100 cm³/mol. The van der Waals surface area contributed by atoms with E-state index in [0.717, 1.165) is 34.7 Å². The molecule has 2 aromatic carbocycles. The average molecular weight is 334 g/mol. The Morgan fingerprint density at radius 3 is 2.32 bits per heavy atom. The maximum absolute atomic E-state index is 12.3. The zero-order valence-corrected chi connectivity index (χ0v) is 14.5. The first-order chi connectivity index (χ1) is 12.1. The molecule has 1 aromatic heterocycles. The first-order valence-electron chi connectivity index (χ1n) is 8.30. The fourth-order valence-electron chi connectivity index (χ4n) is 2.66. The number of benzene rings is 2. The molecule has 0 atom stereocenters. The van der Waals surface area contributed by atoms with Crippen molar-refractivity contribution in [3.8, 4) is 5.69 Å². The van der Waals surface area contributed by atoms with E-state index in [-0.39, 0.29) is 5.91 Å². The van der Waals surface area contributed by atoms with Gasteiger partial charge in [0.2, 0.25) is 0 Å². The Morgan fingerprint density at radius 1 is 1.08 bits per heavy atom. The molecular weight excluding hydrogens is 312 g/mol. The van der Waals surface area contributed by atoms with E-state index < -0.39 is 0 Å². The third kappa shape index (κ3) is 3.78. The van der Waals surface area contributed by atoms with Crippen molar-refractivity contribution in [1.82, 2.24) is 9.55 Å². The van der Waals surface area contributed by atoms with Crippen LogP contribution in [0, 0.1) is 13.8 Å². The van der Waals surface area contributed by atoms with E-state index >= 15 is 0 Å².